The summed E-state index contributed by atoms with van der Waals surface area (Å²) in [4.78, 5) is 61.6. The van der Waals surface area contributed by atoms with E-state index in [2.05, 4.69) is 15.6 Å². The number of nitrogens with zero attached hydrogens (tertiary/aromatic N) is 3. The van der Waals surface area contributed by atoms with Crippen LogP contribution in [0.4, 0.5) is 13.2 Å². The number of carbonyl (C=O) groups is 4. The highest BCUT2D eigenvalue weighted by atomic mass is 32.1. The SMILES string of the molecule is CC(=O)O[C@@H]1C[C@@H](C(=O)NCc2ccc(-c3scnc3C)cc2)N(C(=O)[C@@H](NC(=O)COCCOCCOCCOc2cc(F)c([C@@H]3C4=C(C[C@@H](C)N3CC(C)(C)F)c3ccccc3C4)c(F)c2)C(C)(C)C)C1. The van der Waals surface area contributed by atoms with Crippen LogP contribution in [0.2, 0.25) is 0 Å². The Morgan fingerprint density at radius 1 is 0.904 bits per heavy atom. The number of amides is 3. The van der Waals surface area contributed by atoms with Crippen molar-refractivity contribution in [2.75, 3.05) is 59.3 Å². The van der Waals surface area contributed by atoms with E-state index < -0.39 is 70.6 Å². The first-order valence-electron chi connectivity index (χ1n) is 24.8. The minimum absolute atomic E-state index is 0.00997. The van der Waals surface area contributed by atoms with Crippen LogP contribution in [0.25, 0.3) is 16.0 Å². The first-order chi connectivity index (χ1) is 34.7. The average molecular weight is 1030 g/mol. The van der Waals surface area contributed by atoms with Gasteiger partial charge in [-0.25, -0.2) is 18.2 Å². The molecule has 3 heterocycles. The Morgan fingerprint density at radius 3 is 2.19 bits per heavy atom. The highest BCUT2D eigenvalue weighted by Gasteiger charge is 2.46. The van der Waals surface area contributed by atoms with Crippen molar-refractivity contribution in [1.82, 2.24) is 25.4 Å². The van der Waals surface area contributed by atoms with Crippen molar-refractivity contribution in [3.8, 4) is 16.2 Å². The van der Waals surface area contributed by atoms with E-state index in [1.165, 1.54) is 37.8 Å². The molecular weight excluding hydrogens is 964 g/mol. The number of aryl methyl sites for hydroxylation is 1. The van der Waals surface area contributed by atoms with Crippen LogP contribution in [-0.4, -0.2) is 128 Å². The Labute approximate surface area is 429 Å². The zero-order valence-electron chi connectivity index (χ0n) is 43.0. The van der Waals surface area contributed by atoms with Gasteiger partial charge in [0.25, 0.3) is 0 Å². The fourth-order valence-corrected chi connectivity index (χ4v) is 10.7. The van der Waals surface area contributed by atoms with Gasteiger partial charge in [0.05, 0.1) is 61.7 Å². The number of ether oxygens (including phenoxy) is 5. The van der Waals surface area contributed by atoms with Crippen LogP contribution in [0.3, 0.4) is 0 Å². The number of likely N-dealkylation sites (tertiary alicyclic amines) is 1. The molecule has 1 saturated heterocycles. The first-order valence-corrected chi connectivity index (χ1v) is 25.7. The monoisotopic (exact) mass is 1030 g/mol. The van der Waals surface area contributed by atoms with Gasteiger partial charge < -0.3 is 39.2 Å². The minimum Gasteiger partial charge on any atom is -0.491 e. The molecule has 18 heteroatoms. The molecule has 3 amide bonds. The number of esters is 1. The second-order valence-electron chi connectivity index (χ2n) is 20.6. The second-order valence-corrected chi connectivity index (χ2v) is 21.5. The van der Waals surface area contributed by atoms with E-state index in [1.807, 2.05) is 67.3 Å². The lowest BCUT2D eigenvalue weighted by Crippen LogP contribution is -2.58. The number of rotatable bonds is 22. The minimum atomic E-state index is -1.59. The molecule has 0 spiro atoms. The van der Waals surface area contributed by atoms with Crippen LogP contribution in [0, 0.1) is 24.0 Å². The summed E-state index contributed by atoms with van der Waals surface area (Å²) in [5.74, 6) is -3.49. The summed E-state index contributed by atoms with van der Waals surface area (Å²) in [7, 11) is 0. The highest BCUT2D eigenvalue weighted by molar-refractivity contribution is 7.13. The number of nitrogens with one attached hydrogen (secondary N) is 2. The Balaban J connectivity index is 0.824. The molecule has 0 saturated carbocycles. The maximum Gasteiger partial charge on any atom is 0.302 e. The quantitative estimate of drug-likeness (QED) is 0.0579. The molecule has 73 heavy (non-hydrogen) atoms. The van der Waals surface area contributed by atoms with Crippen LogP contribution in [0.5, 0.6) is 5.75 Å². The van der Waals surface area contributed by atoms with Gasteiger partial charge in [-0.3, -0.25) is 24.1 Å². The fraction of sp³-hybridized carbons (Fsp3) is 0.509. The van der Waals surface area contributed by atoms with Gasteiger partial charge in [-0.05, 0) is 79.4 Å². The Bertz CT molecular complexity index is 2610. The predicted molar refractivity (Wildman–Crippen MR) is 271 cm³/mol. The third-order valence-corrected chi connectivity index (χ3v) is 14.2. The number of aromatic nitrogens is 1. The third-order valence-electron chi connectivity index (χ3n) is 13.2. The van der Waals surface area contributed by atoms with E-state index in [0.29, 0.717) is 12.8 Å². The maximum atomic E-state index is 16.1. The number of benzene rings is 3. The molecule has 0 bridgehead atoms. The van der Waals surface area contributed by atoms with Crippen molar-refractivity contribution < 1.29 is 56.0 Å². The standard InChI is InChI=1S/C55H68F3N5O9S/c1-33-23-42-41-12-10-9-11-38(41)24-43(42)49(63(33)31-55(7,8)58)48-44(56)25-39(26-45(48)57)71-22-21-69-18-17-68-19-20-70-30-47(65)61-51(54(4,5)6)53(67)62-29-40(72-35(3)64)27-46(62)52(66)59-28-36-13-15-37(16-14-36)50-34(2)60-32-73-50/h9-16,25-26,32-33,40,46,49,51H,17-24,27-31H2,1-8H3,(H,59,66)(H,61,65)/t33-,40-,46+,49+,51-/m1/s1. The van der Waals surface area contributed by atoms with Crippen LogP contribution >= 0.6 is 11.3 Å². The largest absolute Gasteiger partial charge is 0.491 e. The third kappa shape index (κ3) is 14.1. The Kier molecular flexibility index (Phi) is 18.2. The van der Waals surface area contributed by atoms with Crippen molar-refractivity contribution in [3.63, 3.8) is 0 Å². The van der Waals surface area contributed by atoms with Crippen LogP contribution in [-0.2, 0) is 51.1 Å². The topological polar surface area (TPSA) is 158 Å². The summed E-state index contributed by atoms with van der Waals surface area (Å²) in [6, 6.07) is 15.2. The molecule has 3 aromatic carbocycles. The summed E-state index contributed by atoms with van der Waals surface area (Å²) in [6.07, 6.45) is 0.593. The van der Waals surface area contributed by atoms with Gasteiger partial charge >= 0.3 is 5.97 Å². The summed E-state index contributed by atoms with van der Waals surface area (Å²) >= 11 is 1.55. The number of hydrogen-bond donors (Lipinski definition) is 2. The fourth-order valence-electron chi connectivity index (χ4n) is 9.86. The first kappa shape index (κ1) is 55.1. The van der Waals surface area contributed by atoms with Crippen molar-refractivity contribution >= 4 is 40.6 Å². The summed E-state index contributed by atoms with van der Waals surface area (Å²) in [6.45, 7) is 14.1. The van der Waals surface area contributed by atoms with Crippen LogP contribution < -0.4 is 15.4 Å². The molecule has 0 unspecified atom stereocenters. The summed E-state index contributed by atoms with van der Waals surface area (Å²) in [5, 5.41) is 5.72. The molecule has 1 aromatic heterocycles. The van der Waals surface area contributed by atoms with Crippen molar-refractivity contribution in [1.29, 1.82) is 0 Å². The molecule has 14 nitrogen and oxygen atoms in total. The molecule has 0 radical (unpaired) electrons. The molecule has 3 aliphatic rings. The molecular formula is C55H68F3N5O9S. The molecule has 5 atom stereocenters. The normalized spacial score (nSPS) is 19.4. The number of fused-ring (bicyclic) bond motifs is 2. The number of thiazole rings is 1. The van der Waals surface area contributed by atoms with E-state index >= 15 is 13.2 Å². The predicted octanol–water partition coefficient (Wildman–Crippen LogP) is 8.10. The lowest BCUT2D eigenvalue weighted by atomic mass is 9.84. The van der Waals surface area contributed by atoms with Crippen molar-refractivity contribution in [2.24, 2.45) is 5.41 Å². The van der Waals surface area contributed by atoms with E-state index in [0.717, 1.165) is 44.0 Å². The lowest BCUT2D eigenvalue weighted by Gasteiger charge is -2.44. The van der Waals surface area contributed by atoms with Gasteiger partial charge in [0.1, 0.15) is 54.5 Å². The van der Waals surface area contributed by atoms with Gasteiger partial charge in [-0.1, -0.05) is 69.3 Å². The number of alkyl halides is 1. The molecule has 394 valence electrons. The zero-order valence-corrected chi connectivity index (χ0v) is 43.8. The summed E-state index contributed by atoms with van der Waals surface area (Å²) in [5.41, 5.74) is 6.29. The van der Waals surface area contributed by atoms with Gasteiger partial charge in [0.2, 0.25) is 17.7 Å². The summed E-state index contributed by atoms with van der Waals surface area (Å²) < 4.78 is 75.1. The van der Waals surface area contributed by atoms with Crippen LogP contribution in [0.1, 0.15) is 95.3 Å². The maximum absolute atomic E-state index is 16.1. The molecule has 7 rings (SSSR count). The second kappa shape index (κ2) is 24.1. The smallest absolute Gasteiger partial charge is 0.302 e. The molecule has 1 aliphatic carbocycles. The lowest BCUT2D eigenvalue weighted by molar-refractivity contribution is -0.147. The van der Waals surface area contributed by atoms with Gasteiger partial charge in [0.15, 0.2) is 0 Å². The van der Waals surface area contributed by atoms with Gasteiger partial charge in [0, 0.05) is 50.2 Å². The average Bonchev–Trinajstić information content (AvgIpc) is 4.05. The van der Waals surface area contributed by atoms with Crippen molar-refractivity contribution in [3.05, 3.63) is 111 Å². The van der Waals surface area contributed by atoms with Crippen LogP contribution in [0.15, 0.2) is 71.7 Å². The Morgan fingerprint density at radius 2 is 1.56 bits per heavy atom. The number of hydrogen-bond acceptors (Lipinski definition) is 12. The molecule has 2 aliphatic heterocycles. The molecule has 2 N–H and O–H groups in total. The number of halogens is 3. The van der Waals surface area contributed by atoms with Gasteiger partial charge in [-0.15, -0.1) is 11.3 Å². The van der Waals surface area contributed by atoms with E-state index in [9.17, 15) is 19.2 Å². The van der Waals surface area contributed by atoms with E-state index in [4.69, 9.17) is 23.7 Å². The zero-order chi connectivity index (χ0) is 52.6. The highest BCUT2D eigenvalue weighted by Crippen LogP contribution is 2.50. The Hall–Kier alpha value is -5.66. The number of carbonyl (C=O) groups excluding carboxylic acids is 4. The van der Waals surface area contributed by atoms with Crippen molar-refractivity contribution in [2.45, 2.75) is 117 Å². The molecule has 4 aromatic rings. The van der Waals surface area contributed by atoms with Gasteiger partial charge in [-0.2, -0.15) is 0 Å². The van der Waals surface area contributed by atoms with E-state index in [-0.39, 0.29) is 89.7 Å². The van der Waals surface area contributed by atoms with E-state index in [1.54, 1.807) is 37.6 Å². The molecule has 1 fully saturated rings.